The molecule has 1 aromatic rings. The summed E-state index contributed by atoms with van der Waals surface area (Å²) in [5, 5.41) is 9.68. The number of halogens is 1. The first-order chi connectivity index (χ1) is 8.20. The quantitative estimate of drug-likeness (QED) is 0.878. The van der Waals surface area contributed by atoms with Crippen LogP contribution in [-0.2, 0) is 0 Å². The van der Waals surface area contributed by atoms with Crippen LogP contribution in [0.5, 0.6) is 0 Å². The van der Waals surface area contributed by atoms with Gasteiger partial charge in [0.1, 0.15) is 0 Å². The minimum atomic E-state index is 0.0538. The third-order valence-electron chi connectivity index (χ3n) is 3.25. The second kappa shape index (κ2) is 5.52. The van der Waals surface area contributed by atoms with Crippen LogP contribution < -0.4 is 0 Å². The van der Waals surface area contributed by atoms with Crippen LogP contribution in [0.4, 0.5) is 0 Å². The zero-order valence-electron chi connectivity index (χ0n) is 9.60. The van der Waals surface area contributed by atoms with E-state index in [1.807, 2.05) is 4.90 Å². The van der Waals surface area contributed by atoms with Gasteiger partial charge in [-0.1, -0.05) is 11.6 Å². The van der Waals surface area contributed by atoms with Crippen molar-refractivity contribution in [3.05, 3.63) is 34.9 Å². The number of aliphatic hydroxyl groups excluding tert-OH is 1. The number of benzene rings is 1. The smallest absolute Gasteiger partial charge is 0.253 e. The van der Waals surface area contributed by atoms with E-state index >= 15 is 0 Å². The van der Waals surface area contributed by atoms with Crippen molar-refractivity contribution < 1.29 is 9.90 Å². The molecular formula is C13H16ClNO2. The normalized spacial score (nSPS) is 17.2. The Bertz CT molecular complexity index is 383. The fourth-order valence-corrected chi connectivity index (χ4v) is 2.22. The standard InChI is InChI=1S/C13H16ClNO2/c14-12-3-1-11(2-4-12)13(17)15-7-5-10(9-16)6-8-15/h1-4,10,16H,5-9H2. The van der Waals surface area contributed by atoms with E-state index in [9.17, 15) is 4.79 Å². The molecule has 0 atom stereocenters. The molecule has 1 aliphatic rings. The number of rotatable bonds is 2. The van der Waals surface area contributed by atoms with Crippen molar-refractivity contribution in [2.45, 2.75) is 12.8 Å². The third kappa shape index (κ3) is 2.99. The van der Waals surface area contributed by atoms with E-state index in [1.165, 1.54) is 0 Å². The topological polar surface area (TPSA) is 40.5 Å². The highest BCUT2D eigenvalue weighted by atomic mass is 35.5. The van der Waals surface area contributed by atoms with Crippen LogP contribution in [0.15, 0.2) is 24.3 Å². The van der Waals surface area contributed by atoms with Crippen LogP contribution in [0.1, 0.15) is 23.2 Å². The number of carbonyl (C=O) groups excluding carboxylic acids is 1. The summed E-state index contributed by atoms with van der Waals surface area (Å²) in [4.78, 5) is 14.0. The maximum atomic E-state index is 12.1. The maximum Gasteiger partial charge on any atom is 0.253 e. The van der Waals surface area contributed by atoms with Gasteiger partial charge in [0.15, 0.2) is 0 Å². The summed E-state index contributed by atoms with van der Waals surface area (Å²) in [5.74, 6) is 0.405. The maximum absolute atomic E-state index is 12.1. The van der Waals surface area contributed by atoms with Crippen molar-refractivity contribution in [2.75, 3.05) is 19.7 Å². The molecule has 1 aromatic carbocycles. The number of amides is 1. The molecular weight excluding hydrogens is 238 g/mol. The highest BCUT2D eigenvalue weighted by Crippen LogP contribution is 2.19. The molecule has 1 aliphatic heterocycles. The molecule has 0 bridgehead atoms. The van der Waals surface area contributed by atoms with Gasteiger partial charge in [0.25, 0.3) is 5.91 Å². The van der Waals surface area contributed by atoms with Crippen LogP contribution in [0, 0.1) is 5.92 Å². The molecule has 0 aliphatic carbocycles. The van der Waals surface area contributed by atoms with E-state index in [0.29, 0.717) is 16.5 Å². The van der Waals surface area contributed by atoms with Gasteiger partial charge in [-0.2, -0.15) is 0 Å². The van der Waals surface area contributed by atoms with Gasteiger partial charge in [-0.25, -0.2) is 0 Å². The van der Waals surface area contributed by atoms with Gasteiger partial charge >= 0.3 is 0 Å². The van der Waals surface area contributed by atoms with Crippen LogP contribution in [0.25, 0.3) is 0 Å². The average Bonchev–Trinajstić information content (AvgIpc) is 2.39. The van der Waals surface area contributed by atoms with Crippen molar-refractivity contribution in [1.82, 2.24) is 4.90 Å². The van der Waals surface area contributed by atoms with Crippen LogP contribution in [0.2, 0.25) is 5.02 Å². The number of nitrogens with zero attached hydrogens (tertiary/aromatic N) is 1. The Balaban J connectivity index is 1.99. The monoisotopic (exact) mass is 253 g/mol. The molecule has 0 unspecified atom stereocenters. The van der Waals surface area contributed by atoms with E-state index in [-0.39, 0.29) is 12.5 Å². The molecule has 0 spiro atoms. The lowest BCUT2D eigenvalue weighted by Gasteiger charge is -2.31. The number of carbonyl (C=O) groups is 1. The lowest BCUT2D eigenvalue weighted by atomic mass is 9.97. The summed E-state index contributed by atoms with van der Waals surface area (Å²) < 4.78 is 0. The highest BCUT2D eigenvalue weighted by Gasteiger charge is 2.22. The van der Waals surface area contributed by atoms with Crippen LogP contribution in [0.3, 0.4) is 0 Å². The molecule has 4 heteroatoms. The lowest BCUT2D eigenvalue weighted by molar-refractivity contribution is 0.0651. The summed E-state index contributed by atoms with van der Waals surface area (Å²) in [6, 6.07) is 6.97. The second-order valence-corrected chi connectivity index (χ2v) is 4.86. The van der Waals surface area contributed by atoms with E-state index in [2.05, 4.69) is 0 Å². The van der Waals surface area contributed by atoms with Gasteiger partial charge in [0.2, 0.25) is 0 Å². The summed E-state index contributed by atoms with van der Waals surface area (Å²) in [7, 11) is 0. The van der Waals surface area contributed by atoms with Crippen molar-refractivity contribution >= 4 is 17.5 Å². The van der Waals surface area contributed by atoms with E-state index in [1.54, 1.807) is 24.3 Å². The first kappa shape index (κ1) is 12.4. The summed E-state index contributed by atoms with van der Waals surface area (Å²) in [5.41, 5.74) is 0.678. The molecule has 2 rings (SSSR count). The first-order valence-corrected chi connectivity index (χ1v) is 6.24. The fourth-order valence-electron chi connectivity index (χ4n) is 2.09. The molecule has 1 fully saturated rings. The van der Waals surface area contributed by atoms with Gasteiger partial charge in [-0.3, -0.25) is 4.79 Å². The number of piperidine rings is 1. The van der Waals surface area contributed by atoms with E-state index < -0.39 is 0 Å². The Morgan fingerprint density at radius 2 is 1.88 bits per heavy atom. The Labute approximate surface area is 106 Å². The first-order valence-electron chi connectivity index (χ1n) is 5.86. The second-order valence-electron chi connectivity index (χ2n) is 4.43. The van der Waals surface area contributed by atoms with E-state index in [0.717, 1.165) is 25.9 Å². The van der Waals surface area contributed by atoms with Crippen molar-refractivity contribution in [3.63, 3.8) is 0 Å². The minimum absolute atomic E-state index is 0.0538. The molecule has 1 heterocycles. The number of hydrogen-bond acceptors (Lipinski definition) is 2. The minimum Gasteiger partial charge on any atom is -0.396 e. The summed E-state index contributed by atoms with van der Waals surface area (Å²) >= 11 is 5.79. The zero-order valence-corrected chi connectivity index (χ0v) is 10.4. The van der Waals surface area contributed by atoms with Crippen molar-refractivity contribution in [3.8, 4) is 0 Å². The van der Waals surface area contributed by atoms with Crippen LogP contribution >= 0.6 is 11.6 Å². The number of likely N-dealkylation sites (tertiary alicyclic amines) is 1. The van der Waals surface area contributed by atoms with Gasteiger partial charge in [-0.05, 0) is 43.0 Å². The molecule has 92 valence electrons. The lowest BCUT2D eigenvalue weighted by Crippen LogP contribution is -2.39. The molecule has 3 nitrogen and oxygen atoms in total. The average molecular weight is 254 g/mol. The predicted octanol–water partition coefficient (Wildman–Crippen LogP) is 2.18. The number of hydrogen-bond donors (Lipinski definition) is 1. The zero-order chi connectivity index (χ0) is 12.3. The predicted molar refractivity (Wildman–Crippen MR) is 67.2 cm³/mol. The van der Waals surface area contributed by atoms with Gasteiger partial charge in [0.05, 0.1) is 0 Å². The Morgan fingerprint density at radius 1 is 1.29 bits per heavy atom. The largest absolute Gasteiger partial charge is 0.396 e. The fraction of sp³-hybridized carbons (Fsp3) is 0.462. The molecule has 1 N–H and O–H groups in total. The number of aliphatic hydroxyl groups is 1. The van der Waals surface area contributed by atoms with Crippen molar-refractivity contribution in [1.29, 1.82) is 0 Å². The SMILES string of the molecule is O=C(c1ccc(Cl)cc1)N1CCC(CO)CC1. The molecule has 0 aromatic heterocycles. The highest BCUT2D eigenvalue weighted by molar-refractivity contribution is 6.30. The van der Waals surface area contributed by atoms with Crippen molar-refractivity contribution in [2.24, 2.45) is 5.92 Å². The third-order valence-corrected chi connectivity index (χ3v) is 3.50. The van der Waals surface area contributed by atoms with Gasteiger partial charge in [0, 0.05) is 30.3 Å². The summed E-state index contributed by atoms with van der Waals surface area (Å²) in [6.45, 7) is 1.68. The molecule has 0 saturated carbocycles. The Hall–Kier alpha value is -1.06. The molecule has 1 amide bonds. The summed E-state index contributed by atoms with van der Waals surface area (Å²) in [6.07, 6.45) is 1.77. The molecule has 17 heavy (non-hydrogen) atoms. The Morgan fingerprint density at radius 3 is 2.41 bits per heavy atom. The van der Waals surface area contributed by atoms with Gasteiger partial charge < -0.3 is 10.0 Å². The van der Waals surface area contributed by atoms with E-state index in [4.69, 9.17) is 16.7 Å². The van der Waals surface area contributed by atoms with Crippen LogP contribution in [-0.4, -0.2) is 35.6 Å². The molecule has 1 saturated heterocycles. The van der Waals surface area contributed by atoms with Gasteiger partial charge in [-0.15, -0.1) is 0 Å². The molecule has 0 radical (unpaired) electrons. The Kier molecular flexibility index (Phi) is 4.02.